The lowest BCUT2D eigenvalue weighted by Crippen LogP contribution is -1.91. The van der Waals surface area contributed by atoms with Gasteiger partial charge in [-0.15, -0.1) is 0 Å². The van der Waals surface area contributed by atoms with Crippen LogP contribution in [0.1, 0.15) is 5.56 Å². The summed E-state index contributed by atoms with van der Waals surface area (Å²) in [4.78, 5) is 0. The lowest BCUT2D eigenvalue weighted by Gasteiger charge is -2.18. The zero-order chi connectivity index (χ0) is 24.8. The van der Waals surface area contributed by atoms with E-state index in [0.717, 1.165) is 0 Å². The summed E-state index contributed by atoms with van der Waals surface area (Å²) in [5.74, 6) is 0. The van der Waals surface area contributed by atoms with Gasteiger partial charge in [-0.2, -0.15) is 0 Å². The number of hydrogen-bond donors (Lipinski definition) is 0. The minimum atomic E-state index is 1.24. The van der Waals surface area contributed by atoms with Crippen molar-refractivity contribution in [2.24, 2.45) is 0 Å². The van der Waals surface area contributed by atoms with Gasteiger partial charge in [0, 0.05) is 0 Å². The predicted octanol–water partition coefficient (Wildman–Crippen LogP) is 10.5. The summed E-state index contributed by atoms with van der Waals surface area (Å²) in [6.45, 7) is 2.14. The van der Waals surface area contributed by atoms with Crippen molar-refractivity contribution >= 4 is 32.3 Å². The first-order valence-corrected chi connectivity index (χ1v) is 12.9. The molecule has 0 radical (unpaired) electrons. The van der Waals surface area contributed by atoms with Crippen molar-refractivity contribution < 1.29 is 0 Å². The van der Waals surface area contributed by atoms with Crippen LogP contribution in [0.2, 0.25) is 0 Å². The summed E-state index contributed by atoms with van der Waals surface area (Å²) >= 11 is 0. The highest BCUT2D eigenvalue weighted by Crippen LogP contribution is 2.43. The molecule has 0 unspecified atom stereocenters. The number of rotatable bonds is 3. The van der Waals surface area contributed by atoms with Crippen molar-refractivity contribution in [3.63, 3.8) is 0 Å². The number of fused-ring (bicyclic) bond motifs is 3. The average Bonchev–Trinajstić information content (AvgIpc) is 2.96. The van der Waals surface area contributed by atoms with Crippen LogP contribution in [0.3, 0.4) is 0 Å². The summed E-state index contributed by atoms with van der Waals surface area (Å²) in [5.41, 5.74) is 8.87. The fourth-order valence-corrected chi connectivity index (χ4v) is 5.67. The SMILES string of the molecule is Cc1ccc(-c2c3ccccc3c(-c3ccc(-c4ccc5ccccc5c4)cc3)c3ccccc23)cc1. The number of benzene rings is 7. The third-order valence-electron chi connectivity index (χ3n) is 7.53. The molecule has 0 aliphatic rings. The fraction of sp³-hybridized carbons (Fsp3) is 0.0270. The van der Waals surface area contributed by atoms with E-state index in [1.54, 1.807) is 0 Å². The molecule has 0 aliphatic heterocycles. The molecule has 174 valence electrons. The van der Waals surface area contributed by atoms with Crippen LogP contribution in [-0.4, -0.2) is 0 Å². The second-order valence-corrected chi connectivity index (χ2v) is 9.85. The Hall–Kier alpha value is -4.68. The second kappa shape index (κ2) is 8.76. The smallest absolute Gasteiger partial charge is 0.00264 e. The van der Waals surface area contributed by atoms with E-state index in [1.165, 1.54) is 71.3 Å². The minimum Gasteiger partial charge on any atom is -0.0616 e. The molecule has 0 saturated heterocycles. The van der Waals surface area contributed by atoms with Gasteiger partial charge in [-0.3, -0.25) is 0 Å². The van der Waals surface area contributed by atoms with E-state index in [0.29, 0.717) is 0 Å². The quantitative estimate of drug-likeness (QED) is 0.225. The molecule has 0 fully saturated rings. The van der Waals surface area contributed by atoms with Gasteiger partial charge in [0.05, 0.1) is 0 Å². The van der Waals surface area contributed by atoms with Crippen LogP contribution in [0, 0.1) is 6.92 Å². The third kappa shape index (κ3) is 3.70. The highest BCUT2D eigenvalue weighted by atomic mass is 14.2. The maximum atomic E-state index is 2.28. The third-order valence-corrected chi connectivity index (χ3v) is 7.53. The van der Waals surface area contributed by atoms with Crippen LogP contribution < -0.4 is 0 Å². The number of hydrogen-bond acceptors (Lipinski definition) is 0. The van der Waals surface area contributed by atoms with Crippen LogP contribution in [0.4, 0.5) is 0 Å². The minimum absolute atomic E-state index is 1.24. The van der Waals surface area contributed by atoms with Gasteiger partial charge >= 0.3 is 0 Å². The summed E-state index contributed by atoms with van der Waals surface area (Å²) in [7, 11) is 0. The van der Waals surface area contributed by atoms with Crippen molar-refractivity contribution in [1.82, 2.24) is 0 Å². The molecule has 7 rings (SSSR count). The van der Waals surface area contributed by atoms with Gasteiger partial charge in [-0.25, -0.2) is 0 Å². The molecule has 0 atom stereocenters. The Bertz CT molecular complexity index is 1850. The molecular weight excluding hydrogens is 444 g/mol. The molecule has 0 bridgehead atoms. The Morgan fingerprint density at radius 2 is 0.730 bits per heavy atom. The van der Waals surface area contributed by atoms with Gasteiger partial charge in [-0.05, 0) is 78.7 Å². The molecule has 0 heterocycles. The van der Waals surface area contributed by atoms with E-state index in [9.17, 15) is 0 Å². The standard InChI is InChI=1S/C37H26/c1-25-14-16-28(17-15-25)36-32-10-4-6-12-34(32)37(35-13-7-5-11-33(35)36)29-21-18-27(19-22-29)31-23-20-26-8-2-3-9-30(26)24-31/h2-24H,1H3. The molecule has 37 heavy (non-hydrogen) atoms. The van der Waals surface area contributed by atoms with E-state index < -0.39 is 0 Å². The van der Waals surface area contributed by atoms with Crippen molar-refractivity contribution in [1.29, 1.82) is 0 Å². The lowest BCUT2D eigenvalue weighted by molar-refractivity contribution is 1.47. The van der Waals surface area contributed by atoms with Gasteiger partial charge in [0.2, 0.25) is 0 Å². The molecule has 0 nitrogen and oxygen atoms in total. The lowest BCUT2D eigenvalue weighted by atomic mass is 9.85. The van der Waals surface area contributed by atoms with Gasteiger partial charge in [0.1, 0.15) is 0 Å². The maximum absolute atomic E-state index is 2.28. The zero-order valence-electron chi connectivity index (χ0n) is 20.8. The van der Waals surface area contributed by atoms with Crippen LogP contribution in [0.5, 0.6) is 0 Å². The Labute approximate surface area is 217 Å². The molecule has 0 spiro atoms. The van der Waals surface area contributed by atoms with Crippen LogP contribution in [0.15, 0.2) is 140 Å². The first kappa shape index (κ1) is 21.6. The van der Waals surface area contributed by atoms with E-state index >= 15 is 0 Å². The largest absolute Gasteiger partial charge is 0.0616 e. The highest BCUT2D eigenvalue weighted by Gasteiger charge is 2.16. The molecule has 7 aromatic carbocycles. The Morgan fingerprint density at radius 3 is 1.27 bits per heavy atom. The van der Waals surface area contributed by atoms with Crippen molar-refractivity contribution in [2.75, 3.05) is 0 Å². The van der Waals surface area contributed by atoms with Gasteiger partial charge in [0.15, 0.2) is 0 Å². The first-order valence-electron chi connectivity index (χ1n) is 12.9. The van der Waals surface area contributed by atoms with E-state index in [1.807, 2.05) is 0 Å². The molecule has 0 heteroatoms. The summed E-state index contributed by atoms with van der Waals surface area (Å²) in [5, 5.41) is 7.70. The first-order chi connectivity index (χ1) is 18.3. The van der Waals surface area contributed by atoms with Crippen molar-refractivity contribution in [2.45, 2.75) is 6.92 Å². The van der Waals surface area contributed by atoms with E-state index in [-0.39, 0.29) is 0 Å². The van der Waals surface area contributed by atoms with Crippen molar-refractivity contribution in [3.05, 3.63) is 145 Å². The van der Waals surface area contributed by atoms with E-state index in [2.05, 4.69) is 146 Å². The molecule has 7 aromatic rings. The van der Waals surface area contributed by atoms with Crippen LogP contribution in [-0.2, 0) is 0 Å². The molecule has 0 N–H and O–H groups in total. The molecule has 0 amide bonds. The average molecular weight is 471 g/mol. The topological polar surface area (TPSA) is 0 Å². The Balaban J connectivity index is 1.43. The Kier molecular flexibility index (Phi) is 5.11. The van der Waals surface area contributed by atoms with E-state index in [4.69, 9.17) is 0 Å². The molecular formula is C37H26. The molecule has 0 saturated carbocycles. The van der Waals surface area contributed by atoms with Gasteiger partial charge in [0.25, 0.3) is 0 Å². The summed E-state index contributed by atoms with van der Waals surface area (Å²) in [6, 6.07) is 51.0. The van der Waals surface area contributed by atoms with Crippen LogP contribution in [0.25, 0.3) is 65.7 Å². The summed E-state index contributed by atoms with van der Waals surface area (Å²) < 4.78 is 0. The Morgan fingerprint density at radius 1 is 0.324 bits per heavy atom. The molecule has 0 aromatic heterocycles. The fourth-order valence-electron chi connectivity index (χ4n) is 5.67. The number of aryl methyl sites for hydroxylation is 1. The predicted molar refractivity (Wildman–Crippen MR) is 160 cm³/mol. The van der Waals surface area contributed by atoms with Gasteiger partial charge < -0.3 is 0 Å². The highest BCUT2D eigenvalue weighted by molar-refractivity contribution is 6.21. The van der Waals surface area contributed by atoms with Crippen molar-refractivity contribution in [3.8, 4) is 33.4 Å². The normalized spacial score (nSPS) is 11.4. The summed E-state index contributed by atoms with van der Waals surface area (Å²) in [6.07, 6.45) is 0. The zero-order valence-corrected chi connectivity index (χ0v) is 20.8. The van der Waals surface area contributed by atoms with Gasteiger partial charge in [-0.1, -0.05) is 139 Å². The monoisotopic (exact) mass is 470 g/mol. The second-order valence-electron chi connectivity index (χ2n) is 9.85. The maximum Gasteiger partial charge on any atom is -0.00264 e. The molecule has 0 aliphatic carbocycles. The van der Waals surface area contributed by atoms with Crippen LogP contribution >= 0.6 is 0 Å².